The van der Waals surface area contributed by atoms with Crippen molar-refractivity contribution in [1.82, 2.24) is 5.32 Å². The van der Waals surface area contributed by atoms with E-state index in [-0.39, 0.29) is 5.54 Å². The largest absolute Gasteiger partial charge is 0.370 e. The van der Waals surface area contributed by atoms with E-state index < -0.39 is 0 Å². The van der Waals surface area contributed by atoms with Gasteiger partial charge in [0.15, 0.2) is 0 Å². The minimum atomic E-state index is 0.0204. The van der Waals surface area contributed by atoms with Crippen LogP contribution in [0, 0.1) is 0 Å². The van der Waals surface area contributed by atoms with Crippen molar-refractivity contribution < 1.29 is 0 Å². The first kappa shape index (κ1) is 11.7. The van der Waals surface area contributed by atoms with Gasteiger partial charge in [-0.25, -0.2) is 0 Å². The summed E-state index contributed by atoms with van der Waals surface area (Å²) in [4.78, 5) is 0.880. The summed E-state index contributed by atoms with van der Waals surface area (Å²) in [6.07, 6.45) is 0. The molecule has 3 rings (SSSR count). The molecule has 92 valence electrons. The van der Waals surface area contributed by atoms with E-state index in [0.717, 1.165) is 4.99 Å². The van der Waals surface area contributed by atoms with Crippen LogP contribution in [-0.4, -0.2) is 10.5 Å². The summed E-state index contributed by atoms with van der Waals surface area (Å²) in [5, 5.41) is 6.00. The second-order valence-electron chi connectivity index (χ2n) is 5.65. The third-order valence-electron chi connectivity index (χ3n) is 4.17. The van der Waals surface area contributed by atoms with Gasteiger partial charge in [-0.3, -0.25) is 0 Å². The Kier molecular flexibility index (Phi) is 2.46. The SMILES string of the molecule is C[C@H]1c2ccc3ccccc3c2C(=S)NC1(C)C. The van der Waals surface area contributed by atoms with E-state index >= 15 is 0 Å². The highest BCUT2D eigenvalue weighted by Crippen LogP contribution is 2.37. The van der Waals surface area contributed by atoms with Crippen LogP contribution in [0.3, 0.4) is 0 Å². The van der Waals surface area contributed by atoms with Crippen molar-refractivity contribution in [3.05, 3.63) is 47.5 Å². The normalized spacial score (nSPS) is 21.5. The standard InChI is InChI=1S/C16H17NS/c1-10-12-9-8-11-6-4-5-7-13(11)14(12)15(18)17-16(10,2)3/h4-10H,1-3H3,(H,17,18)/t10-/m0/s1. The van der Waals surface area contributed by atoms with Crippen molar-refractivity contribution in [2.75, 3.05) is 0 Å². The average molecular weight is 255 g/mol. The molecule has 1 aliphatic heterocycles. The second-order valence-corrected chi connectivity index (χ2v) is 6.06. The van der Waals surface area contributed by atoms with Crippen molar-refractivity contribution in [2.24, 2.45) is 0 Å². The van der Waals surface area contributed by atoms with Gasteiger partial charge in [0.25, 0.3) is 0 Å². The predicted molar refractivity (Wildman–Crippen MR) is 81.3 cm³/mol. The third-order valence-corrected chi connectivity index (χ3v) is 4.48. The van der Waals surface area contributed by atoms with Crippen LogP contribution in [0.1, 0.15) is 37.8 Å². The summed E-state index contributed by atoms with van der Waals surface area (Å²) in [5.74, 6) is 0.448. The van der Waals surface area contributed by atoms with Gasteiger partial charge < -0.3 is 5.32 Å². The predicted octanol–water partition coefficient (Wildman–Crippen LogP) is 4.00. The molecule has 1 nitrogen and oxygen atoms in total. The lowest BCUT2D eigenvalue weighted by atomic mass is 9.77. The maximum atomic E-state index is 5.58. The highest BCUT2D eigenvalue weighted by atomic mass is 32.1. The molecule has 1 N–H and O–H groups in total. The molecule has 0 spiro atoms. The molecule has 2 heteroatoms. The van der Waals surface area contributed by atoms with E-state index in [2.05, 4.69) is 62.5 Å². The van der Waals surface area contributed by atoms with Crippen molar-refractivity contribution >= 4 is 28.0 Å². The average Bonchev–Trinajstić information content (AvgIpc) is 2.34. The molecule has 1 heterocycles. The van der Waals surface area contributed by atoms with Crippen LogP contribution in [0.15, 0.2) is 36.4 Å². The van der Waals surface area contributed by atoms with Gasteiger partial charge in [-0.15, -0.1) is 0 Å². The van der Waals surface area contributed by atoms with Crippen molar-refractivity contribution in [2.45, 2.75) is 32.2 Å². The molecule has 0 fully saturated rings. The summed E-state index contributed by atoms with van der Waals surface area (Å²) in [6, 6.07) is 12.9. The first-order valence-corrected chi connectivity index (χ1v) is 6.76. The van der Waals surface area contributed by atoms with Gasteiger partial charge in [-0.05, 0) is 30.2 Å². The Morgan fingerprint density at radius 3 is 2.61 bits per heavy atom. The number of fused-ring (bicyclic) bond motifs is 3. The Balaban J connectivity index is 2.35. The zero-order valence-corrected chi connectivity index (χ0v) is 11.8. The number of benzene rings is 2. The number of nitrogens with one attached hydrogen (secondary N) is 1. The molecule has 18 heavy (non-hydrogen) atoms. The molecule has 0 aliphatic carbocycles. The summed E-state index contributed by atoms with van der Waals surface area (Å²) >= 11 is 5.58. The molecular weight excluding hydrogens is 238 g/mol. The summed E-state index contributed by atoms with van der Waals surface area (Å²) in [7, 11) is 0. The summed E-state index contributed by atoms with van der Waals surface area (Å²) in [5.41, 5.74) is 2.60. The molecule has 0 radical (unpaired) electrons. The van der Waals surface area contributed by atoms with Crippen molar-refractivity contribution in [3.8, 4) is 0 Å². The van der Waals surface area contributed by atoms with Gasteiger partial charge in [0.05, 0.1) is 0 Å². The lowest BCUT2D eigenvalue weighted by molar-refractivity contribution is 0.382. The van der Waals surface area contributed by atoms with Crippen LogP contribution < -0.4 is 5.32 Å². The molecule has 0 aromatic heterocycles. The van der Waals surface area contributed by atoms with Crippen molar-refractivity contribution in [1.29, 1.82) is 0 Å². The molecule has 0 unspecified atom stereocenters. The summed E-state index contributed by atoms with van der Waals surface area (Å²) in [6.45, 7) is 6.69. The van der Waals surface area contributed by atoms with Crippen molar-refractivity contribution in [3.63, 3.8) is 0 Å². The van der Waals surface area contributed by atoms with Crippen LogP contribution in [0.2, 0.25) is 0 Å². The zero-order chi connectivity index (χ0) is 12.9. The fourth-order valence-corrected chi connectivity index (χ4v) is 3.25. The maximum absolute atomic E-state index is 5.58. The van der Waals surface area contributed by atoms with E-state index in [4.69, 9.17) is 12.2 Å². The molecule has 0 amide bonds. The topological polar surface area (TPSA) is 12.0 Å². The molecule has 1 aliphatic rings. The van der Waals surface area contributed by atoms with Crippen LogP contribution in [0.5, 0.6) is 0 Å². The lowest BCUT2D eigenvalue weighted by Crippen LogP contribution is -2.50. The zero-order valence-electron chi connectivity index (χ0n) is 10.9. The lowest BCUT2D eigenvalue weighted by Gasteiger charge is -2.40. The van der Waals surface area contributed by atoms with Gasteiger partial charge in [0, 0.05) is 17.0 Å². The Morgan fingerprint density at radius 2 is 1.83 bits per heavy atom. The van der Waals surface area contributed by atoms with Gasteiger partial charge in [-0.2, -0.15) is 0 Å². The first-order chi connectivity index (χ1) is 8.50. The molecule has 1 atom stereocenters. The number of thiocarbonyl (C=S) groups is 1. The van der Waals surface area contributed by atoms with Crippen LogP contribution >= 0.6 is 12.2 Å². The van der Waals surface area contributed by atoms with Gasteiger partial charge >= 0.3 is 0 Å². The molecule has 0 bridgehead atoms. The fourth-order valence-electron chi connectivity index (χ4n) is 2.75. The maximum Gasteiger partial charge on any atom is 0.107 e. The molecule has 2 aromatic carbocycles. The van der Waals surface area contributed by atoms with E-state index in [1.165, 1.54) is 21.9 Å². The Bertz CT molecular complexity index is 643. The monoisotopic (exact) mass is 255 g/mol. The van der Waals surface area contributed by atoms with Gasteiger partial charge in [0.1, 0.15) is 4.99 Å². The van der Waals surface area contributed by atoms with E-state index in [0.29, 0.717) is 5.92 Å². The Morgan fingerprint density at radius 1 is 1.11 bits per heavy atom. The highest BCUT2D eigenvalue weighted by molar-refractivity contribution is 7.80. The highest BCUT2D eigenvalue weighted by Gasteiger charge is 2.35. The van der Waals surface area contributed by atoms with E-state index in [1.54, 1.807) is 0 Å². The third kappa shape index (κ3) is 1.56. The molecule has 0 saturated carbocycles. The second kappa shape index (κ2) is 3.79. The molecule has 0 saturated heterocycles. The smallest absolute Gasteiger partial charge is 0.107 e. The van der Waals surface area contributed by atoms with Crippen LogP contribution in [-0.2, 0) is 0 Å². The first-order valence-electron chi connectivity index (χ1n) is 6.35. The van der Waals surface area contributed by atoms with Gasteiger partial charge in [-0.1, -0.05) is 55.5 Å². The fraction of sp³-hybridized carbons (Fsp3) is 0.312. The van der Waals surface area contributed by atoms with Crippen LogP contribution in [0.4, 0.5) is 0 Å². The number of hydrogen-bond donors (Lipinski definition) is 1. The molecular formula is C16H17NS. The minimum absolute atomic E-state index is 0.0204. The minimum Gasteiger partial charge on any atom is -0.370 e. The van der Waals surface area contributed by atoms with Crippen LogP contribution in [0.25, 0.3) is 10.8 Å². The van der Waals surface area contributed by atoms with E-state index in [9.17, 15) is 0 Å². The number of hydrogen-bond acceptors (Lipinski definition) is 1. The number of rotatable bonds is 0. The summed E-state index contributed by atoms with van der Waals surface area (Å²) < 4.78 is 0. The molecule has 2 aromatic rings. The quantitative estimate of drug-likeness (QED) is 0.714. The Labute approximate surface area is 113 Å². The van der Waals surface area contributed by atoms with E-state index in [1.807, 2.05) is 0 Å². The Hall–Kier alpha value is -1.41. The van der Waals surface area contributed by atoms with Gasteiger partial charge in [0.2, 0.25) is 0 Å².